The highest BCUT2D eigenvalue weighted by atomic mass is 79.9. The molecule has 0 aliphatic carbocycles. The fraction of sp³-hybridized carbons (Fsp3) is 0.100. The summed E-state index contributed by atoms with van der Waals surface area (Å²) in [4.78, 5) is 12.6. The van der Waals surface area contributed by atoms with Crippen molar-refractivity contribution < 1.29 is 0 Å². The van der Waals surface area contributed by atoms with Crippen LogP contribution in [0.1, 0.15) is 4.88 Å². The van der Waals surface area contributed by atoms with Crippen molar-refractivity contribution in [3.05, 3.63) is 43.8 Å². The quantitative estimate of drug-likeness (QED) is 0.865. The summed E-state index contributed by atoms with van der Waals surface area (Å²) in [5.74, 6) is 0. The average molecular weight is 270 g/mol. The number of halogens is 1. The molecule has 0 amide bonds. The lowest BCUT2D eigenvalue weighted by atomic mass is 10.2. The van der Waals surface area contributed by atoms with Gasteiger partial charge in [0.1, 0.15) is 0 Å². The van der Waals surface area contributed by atoms with E-state index in [4.69, 9.17) is 5.73 Å². The maximum atomic E-state index is 11.6. The van der Waals surface area contributed by atoms with E-state index in [1.54, 1.807) is 17.4 Å². The summed E-state index contributed by atoms with van der Waals surface area (Å²) >= 11 is 4.91. The van der Waals surface area contributed by atoms with Crippen LogP contribution in [0.15, 0.2) is 33.5 Å². The van der Waals surface area contributed by atoms with Crippen LogP contribution in [0.3, 0.4) is 0 Å². The Morgan fingerprint density at radius 2 is 2.14 bits per heavy atom. The van der Waals surface area contributed by atoms with Crippen LogP contribution >= 0.6 is 27.3 Å². The topological polar surface area (TPSA) is 43.1 Å². The molecule has 0 saturated heterocycles. The lowest BCUT2D eigenvalue weighted by Gasteiger charge is -1.99. The lowest BCUT2D eigenvalue weighted by Crippen LogP contribution is -2.03. The Hall–Kier alpha value is -0.710. The van der Waals surface area contributed by atoms with Gasteiger partial charge in [0.2, 0.25) is 0 Å². The molecule has 4 heteroatoms. The summed E-state index contributed by atoms with van der Waals surface area (Å²) in [6, 6.07) is 7.32. The zero-order chi connectivity index (χ0) is 10.1. The van der Waals surface area contributed by atoms with Gasteiger partial charge in [-0.1, -0.05) is 15.9 Å². The molecule has 0 bridgehead atoms. The van der Waals surface area contributed by atoms with E-state index in [0.717, 1.165) is 19.4 Å². The first kappa shape index (κ1) is 9.83. The minimum absolute atomic E-state index is 0.0421. The van der Waals surface area contributed by atoms with E-state index in [0.29, 0.717) is 6.54 Å². The van der Waals surface area contributed by atoms with Crippen molar-refractivity contribution in [1.82, 2.24) is 0 Å². The predicted molar refractivity (Wildman–Crippen MR) is 63.7 cm³/mol. The van der Waals surface area contributed by atoms with Gasteiger partial charge in [0, 0.05) is 32.0 Å². The number of rotatable bonds is 1. The Kier molecular flexibility index (Phi) is 2.67. The van der Waals surface area contributed by atoms with E-state index in [1.165, 1.54) is 0 Å². The molecule has 1 aromatic carbocycles. The second-order valence-corrected chi connectivity index (χ2v) is 5.01. The summed E-state index contributed by atoms with van der Waals surface area (Å²) in [7, 11) is 0. The van der Waals surface area contributed by atoms with Gasteiger partial charge in [0.25, 0.3) is 0 Å². The van der Waals surface area contributed by atoms with Crippen LogP contribution in [0.2, 0.25) is 0 Å². The summed E-state index contributed by atoms with van der Waals surface area (Å²) < 4.78 is 1.91. The zero-order valence-corrected chi connectivity index (χ0v) is 9.69. The maximum absolute atomic E-state index is 11.6. The largest absolute Gasteiger partial charge is 0.326 e. The molecule has 72 valence electrons. The van der Waals surface area contributed by atoms with Crippen molar-refractivity contribution in [2.75, 3.05) is 0 Å². The van der Waals surface area contributed by atoms with E-state index >= 15 is 0 Å². The van der Waals surface area contributed by atoms with Gasteiger partial charge in [-0.3, -0.25) is 4.79 Å². The molecular weight excluding hydrogens is 262 g/mol. The second-order valence-electron chi connectivity index (χ2n) is 2.92. The second kappa shape index (κ2) is 3.81. The van der Waals surface area contributed by atoms with Crippen molar-refractivity contribution in [2.45, 2.75) is 6.54 Å². The van der Waals surface area contributed by atoms with Crippen LogP contribution in [0.4, 0.5) is 0 Å². The van der Waals surface area contributed by atoms with Crippen molar-refractivity contribution in [2.24, 2.45) is 5.73 Å². The normalized spacial score (nSPS) is 10.7. The van der Waals surface area contributed by atoms with Gasteiger partial charge in [-0.2, -0.15) is 0 Å². The van der Waals surface area contributed by atoms with Gasteiger partial charge in [-0.25, -0.2) is 0 Å². The molecule has 0 saturated carbocycles. The molecule has 0 fully saturated rings. The first-order chi connectivity index (χ1) is 6.70. The maximum Gasteiger partial charge on any atom is 0.188 e. The van der Waals surface area contributed by atoms with E-state index in [-0.39, 0.29) is 5.43 Å². The molecular formula is C10H8BrNOS. The highest BCUT2D eigenvalue weighted by Gasteiger charge is 2.02. The average Bonchev–Trinajstić information content (AvgIpc) is 2.19. The molecule has 0 spiro atoms. The molecule has 0 unspecified atom stereocenters. The molecule has 2 aromatic rings. The van der Waals surface area contributed by atoms with Gasteiger partial charge in [-0.05, 0) is 18.2 Å². The van der Waals surface area contributed by atoms with Gasteiger partial charge < -0.3 is 5.73 Å². The van der Waals surface area contributed by atoms with Crippen LogP contribution in [0, 0.1) is 0 Å². The number of nitrogens with two attached hydrogens (primary N) is 1. The summed E-state index contributed by atoms with van der Waals surface area (Å²) in [5, 5.41) is 0.751. The molecule has 0 aliphatic rings. The molecule has 14 heavy (non-hydrogen) atoms. The summed E-state index contributed by atoms with van der Waals surface area (Å²) in [6.07, 6.45) is 0. The number of fused-ring (bicyclic) bond motifs is 1. The molecule has 2 nitrogen and oxygen atoms in total. The predicted octanol–water partition coefficient (Wildman–Crippen LogP) is 2.48. The van der Waals surface area contributed by atoms with Crippen molar-refractivity contribution in [1.29, 1.82) is 0 Å². The molecule has 0 radical (unpaired) electrons. The smallest absolute Gasteiger partial charge is 0.188 e. The SMILES string of the molecule is NCc1cc(=O)c2cc(Br)ccc2s1. The van der Waals surface area contributed by atoms with E-state index in [1.807, 2.05) is 18.2 Å². The van der Waals surface area contributed by atoms with Crippen LogP contribution in [-0.2, 0) is 6.54 Å². The fourth-order valence-electron chi connectivity index (χ4n) is 1.28. The third kappa shape index (κ3) is 1.73. The highest BCUT2D eigenvalue weighted by molar-refractivity contribution is 9.10. The number of benzene rings is 1. The molecule has 1 aromatic heterocycles. The van der Waals surface area contributed by atoms with E-state index < -0.39 is 0 Å². The zero-order valence-electron chi connectivity index (χ0n) is 7.29. The first-order valence-corrected chi connectivity index (χ1v) is 5.74. The third-order valence-corrected chi connectivity index (χ3v) is 3.56. The highest BCUT2D eigenvalue weighted by Crippen LogP contribution is 2.22. The van der Waals surface area contributed by atoms with Gasteiger partial charge in [0.05, 0.1) is 0 Å². The van der Waals surface area contributed by atoms with Gasteiger partial charge in [0.15, 0.2) is 5.43 Å². The molecule has 2 N–H and O–H groups in total. The standard InChI is InChI=1S/C10H8BrNOS/c11-6-1-2-10-8(3-6)9(13)4-7(5-12)14-10/h1-4H,5,12H2. The minimum atomic E-state index is 0.0421. The Morgan fingerprint density at radius 3 is 2.86 bits per heavy atom. The number of hydrogen-bond acceptors (Lipinski definition) is 3. The van der Waals surface area contributed by atoms with Crippen LogP contribution < -0.4 is 11.2 Å². The molecule has 0 atom stereocenters. The van der Waals surface area contributed by atoms with Gasteiger partial charge >= 0.3 is 0 Å². The van der Waals surface area contributed by atoms with Crippen molar-refractivity contribution in [3.63, 3.8) is 0 Å². The number of hydrogen-bond donors (Lipinski definition) is 1. The minimum Gasteiger partial charge on any atom is -0.326 e. The molecule has 1 heterocycles. The van der Waals surface area contributed by atoms with E-state index in [9.17, 15) is 4.79 Å². The first-order valence-electron chi connectivity index (χ1n) is 4.13. The van der Waals surface area contributed by atoms with Crippen molar-refractivity contribution in [3.8, 4) is 0 Å². The van der Waals surface area contributed by atoms with Crippen molar-refractivity contribution >= 4 is 37.4 Å². The summed E-state index contributed by atoms with van der Waals surface area (Å²) in [5.41, 5.74) is 5.54. The van der Waals surface area contributed by atoms with Gasteiger partial charge in [-0.15, -0.1) is 11.3 Å². The molecule has 2 rings (SSSR count). The van der Waals surface area contributed by atoms with E-state index in [2.05, 4.69) is 15.9 Å². The van der Waals surface area contributed by atoms with Crippen LogP contribution in [0.25, 0.3) is 10.1 Å². The lowest BCUT2D eigenvalue weighted by molar-refractivity contribution is 1.10. The Balaban J connectivity index is 2.83. The Bertz CT molecular complexity index is 535. The molecule has 0 aliphatic heterocycles. The summed E-state index contributed by atoms with van der Waals surface area (Å²) in [6.45, 7) is 0.423. The van der Waals surface area contributed by atoms with Crippen LogP contribution in [0.5, 0.6) is 0 Å². The third-order valence-electron chi connectivity index (χ3n) is 1.94. The monoisotopic (exact) mass is 269 g/mol. The fourth-order valence-corrected chi connectivity index (χ4v) is 2.58. The Morgan fingerprint density at radius 1 is 1.36 bits per heavy atom. The Labute approximate surface area is 93.5 Å². The van der Waals surface area contributed by atoms with Crippen LogP contribution in [-0.4, -0.2) is 0 Å².